The van der Waals surface area contributed by atoms with Crippen LogP contribution < -0.4 is 51.4 Å². The Morgan fingerprint density at radius 3 is 2.53 bits per heavy atom. The molecule has 0 unspecified atom stereocenters. The van der Waals surface area contributed by atoms with E-state index in [-0.39, 0.29) is 68.8 Å². The van der Waals surface area contributed by atoms with E-state index in [9.17, 15) is 13.2 Å². The van der Waals surface area contributed by atoms with Crippen LogP contribution >= 0.6 is 12.2 Å². The minimum absolute atomic E-state index is 0. The number of hydrogen-bond acceptors (Lipinski definition) is 3. The number of aromatic amines is 1. The quantitative estimate of drug-likeness (QED) is 0.423. The third kappa shape index (κ3) is 2.69. The maximum Gasteiger partial charge on any atom is 1.00 e. The van der Waals surface area contributed by atoms with Crippen molar-refractivity contribution in [3.05, 3.63) is 33.9 Å². The first-order valence-electron chi connectivity index (χ1n) is 4.17. The predicted octanol–water partition coefficient (Wildman–Crippen LogP) is -0.833. The van der Waals surface area contributed by atoms with Gasteiger partial charge in [0.25, 0.3) is 0 Å². The van der Waals surface area contributed by atoms with Gasteiger partial charge in [-0.05, 0) is 19.1 Å². The molecule has 17 heavy (non-hydrogen) atoms. The molecule has 0 aliphatic carbocycles. The maximum absolute atomic E-state index is 13.3. The van der Waals surface area contributed by atoms with Crippen LogP contribution in [0.15, 0.2) is 6.07 Å². The average molecular weight is 286 g/mol. The molecule has 1 aromatic heterocycles. The molecule has 4 nitrogen and oxygen atoms in total. The van der Waals surface area contributed by atoms with Crippen molar-refractivity contribution in [1.29, 1.82) is 0 Å². The second-order valence-corrected chi connectivity index (χ2v) is 3.41. The minimum atomic E-state index is -1.51. The second kappa shape index (κ2) is 5.72. The number of hydrogen-bond donors (Lipinski definition) is 1. The van der Waals surface area contributed by atoms with Gasteiger partial charge in [-0.15, -0.1) is 0 Å². The van der Waals surface area contributed by atoms with Gasteiger partial charge in [0.2, 0.25) is 4.77 Å². The molecule has 86 valence electrons. The Hall–Kier alpha value is -0.0636. The van der Waals surface area contributed by atoms with Crippen molar-refractivity contribution in [2.45, 2.75) is 6.92 Å². The summed E-state index contributed by atoms with van der Waals surface area (Å²) in [5, 5.41) is 9.15. The molecule has 0 saturated carbocycles. The summed E-state index contributed by atoms with van der Waals surface area (Å²) in [6, 6.07) is 0.823. The number of tetrazole rings is 1. The van der Waals surface area contributed by atoms with Crippen LogP contribution in [-0.2, 0) is 0 Å². The van der Waals surface area contributed by atoms with E-state index >= 15 is 0 Å². The standard InChI is InChI=1S/C8H5F3N4S.K.H/c1-3-5(15-8(16)12-13-14-15)2-4(9)7(11)6(3)10;;/h2H,1H3,(H,12,14,16);;/q;+1;-1. The van der Waals surface area contributed by atoms with Gasteiger partial charge in [-0.1, -0.05) is 10.3 Å². The number of nitrogens with one attached hydrogen (secondary N) is 1. The topological polar surface area (TPSA) is 46.5 Å². The number of aromatic nitrogens is 4. The first-order chi connectivity index (χ1) is 7.52. The van der Waals surface area contributed by atoms with Gasteiger partial charge in [0.1, 0.15) is 0 Å². The summed E-state index contributed by atoms with van der Waals surface area (Å²) in [6.07, 6.45) is 0. The Bertz CT molecular complexity index is 615. The molecule has 1 heterocycles. The van der Waals surface area contributed by atoms with Gasteiger partial charge in [-0.25, -0.2) is 17.9 Å². The number of nitrogens with zero attached hydrogens (tertiary/aromatic N) is 3. The van der Waals surface area contributed by atoms with E-state index in [1.54, 1.807) is 0 Å². The van der Waals surface area contributed by atoms with Crippen molar-refractivity contribution in [3.8, 4) is 5.69 Å². The van der Waals surface area contributed by atoms with Crippen LogP contribution in [0.1, 0.15) is 6.99 Å². The van der Waals surface area contributed by atoms with Crippen molar-refractivity contribution >= 4 is 12.2 Å². The van der Waals surface area contributed by atoms with Crippen molar-refractivity contribution in [2.24, 2.45) is 0 Å². The van der Waals surface area contributed by atoms with E-state index in [4.69, 9.17) is 12.2 Å². The number of H-pyrrole nitrogens is 1. The molecule has 9 heteroatoms. The Labute approximate surface area is 143 Å². The van der Waals surface area contributed by atoms with E-state index < -0.39 is 17.5 Å². The van der Waals surface area contributed by atoms with Crippen molar-refractivity contribution < 1.29 is 66.0 Å². The minimum Gasteiger partial charge on any atom is -1.00 e. The van der Waals surface area contributed by atoms with Crippen LogP contribution in [0.5, 0.6) is 0 Å². The molecule has 0 amide bonds. The van der Waals surface area contributed by atoms with Crippen molar-refractivity contribution in [3.63, 3.8) is 0 Å². The molecule has 1 aromatic carbocycles. The van der Waals surface area contributed by atoms with Gasteiger partial charge in [-0.3, -0.25) is 0 Å². The molecular formula is C8H6F3KN4S. The molecule has 0 spiro atoms. The molecule has 0 saturated heterocycles. The zero-order valence-electron chi connectivity index (χ0n) is 9.96. The molecule has 2 aromatic rings. The van der Waals surface area contributed by atoms with E-state index in [2.05, 4.69) is 15.5 Å². The fourth-order valence-corrected chi connectivity index (χ4v) is 1.44. The van der Waals surface area contributed by atoms with Gasteiger partial charge in [0.05, 0.1) is 5.69 Å². The molecule has 0 aliphatic heterocycles. The zero-order chi connectivity index (χ0) is 11.9. The summed E-state index contributed by atoms with van der Waals surface area (Å²) < 4.78 is 40.2. The third-order valence-corrected chi connectivity index (χ3v) is 2.36. The van der Waals surface area contributed by atoms with E-state index in [1.165, 1.54) is 6.92 Å². The van der Waals surface area contributed by atoms with Gasteiger partial charge >= 0.3 is 51.4 Å². The Morgan fingerprint density at radius 2 is 2.00 bits per heavy atom. The van der Waals surface area contributed by atoms with Crippen LogP contribution in [0.2, 0.25) is 0 Å². The summed E-state index contributed by atoms with van der Waals surface area (Å²) in [7, 11) is 0. The summed E-state index contributed by atoms with van der Waals surface area (Å²) in [5.74, 6) is -4.07. The number of halogens is 3. The van der Waals surface area contributed by atoms with Crippen molar-refractivity contribution in [1.82, 2.24) is 20.2 Å². The van der Waals surface area contributed by atoms with Crippen LogP contribution in [0, 0.1) is 29.1 Å². The molecule has 1 N–H and O–H groups in total. The first-order valence-corrected chi connectivity index (χ1v) is 4.57. The van der Waals surface area contributed by atoms with E-state index in [0.29, 0.717) is 0 Å². The number of rotatable bonds is 1. The average Bonchev–Trinajstić information content (AvgIpc) is 2.67. The van der Waals surface area contributed by atoms with Gasteiger partial charge < -0.3 is 1.43 Å². The molecule has 0 atom stereocenters. The number of benzene rings is 1. The van der Waals surface area contributed by atoms with Gasteiger partial charge in [0.15, 0.2) is 17.5 Å². The SMILES string of the molecule is Cc1c(-n2[nH]nnc2=S)cc(F)c(F)c1F.[H-].[K+]. The smallest absolute Gasteiger partial charge is 1.00 e. The molecule has 0 radical (unpaired) electrons. The van der Waals surface area contributed by atoms with E-state index in [0.717, 1.165) is 10.7 Å². The van der Waals surface area contributed by atoms with Crippen LogP contribution in [0.3, 0.4) is 0 Å². The predicted molar refractivity (Wildman–Crippen MR) is 52.3 cm³/mol. The van der Waals surface area contributed by atoms with Gasteiger partial charge in [0, 0.05) is 11.6 Å². The molecular weight excluding hydrogens is 280 g/mol. The monoisotopic (exact) mass is 286 g/mol. The van der Waals surface area contributed by atoms with Crippen LogP contribution in [-0.4, -0.2) is 20.2 Å². The first kappa shape index (κ1) is 15.0. The zero-order valence-corrected chi connectivity index (χ0v) is 12.9. The summed E-state index contributed by atoms with van der Waals surface area (Å²) in [4.78, 5) is 0. The molecule has 0 aliphatic rings. The largest absolute Gasteiger partial charge is 1.00 e. The van der Waals surface area contributed by atoms with Crippen LogP contribution in [0.25, 0.3) is 5.69 Å². The van der Waals surface area contributed by atoms with Gasteiger partial charge in [-0.2, -0.15) is 5.21 Å². The summed E-state index contributed by atoms with van der Waals surface area (Å²) >= 11 is 4.77. The Kier molecular flexibility index (Phi) is 5.04. The summed E-state index contributed by atoms with van der Waals surface area (Å²) in [6.45, 7) is 1.30. The fraction of sp³-hybridized carbons (Fsp3) is 0.125. The van der Waals surface area contributed by atoms with Crippen LogP contribution in [0.4, 0.5) is 13.2 Å². The third-order valence-electron chi connectivity index (χ3n) is 2.09. The normalized spacial score (nSPS) is 10.1. The maximum atomic E-state index is 13.3. The Morgan fingerprint density at radius 1 is 1.35 bits per heavy atom. The van der Waals surface area contributed by atoms with Crippen molar-refractivity contribution in [2.75, 3.05) is 0 Å². The molecule has 0 fully saturated rings. The Balaban J connectivity index is 0.00000144. The molecule has 2 rings (SSSR count). The second-order valence-electron chi connectivity index (χ2n) is 3.05. The fourth-order valence-electron chi connectivity index (χ4n) is 1.26. The molecule has 0 bridgehead atoms. The summed E-state index contributed by atoms with van der Waals surface area (Å²) in [5.41, 5.74) is -0.0487. The van der Waals surface area contributed by atoms with E-state index in [1.807, 2.05) is 0 Å².